The van der Waals surface area contributed by atoms with Crippen molar-refractivity contribution in [3.8, 4) is 0 Å². The number of carbonyl (C=O) groups excluding carboxylic acids is 5. The van der Waals surface area contributed by atoms with Crippen molar-refractivity contribution >= 4 is 41.2 Å². The number of nitrogens with one attached hydrogen (secondary N) is 2. The zero-order chi connectivity index (χ0) is 34.6. The van der Waals surface area contributed by atoms with Crippen molar-refractivity contribution in [3.05, 3.63) is 70.8 Å². The Balaban J connectivity index is 1.34. The number of halogens is 1. The molecule has 11 nitrogen and oxygen atoms in total. The maximum atomic E-state index is 13.1. The molecule has 0 aliphatic carbocycles. The Bertz CT molecular complexity index is 1300. The summed E-state index contributed by atoms with van der Waals surface area (Å²) in [7, 11) is 0. The Morgan fingerprint density at radius 2 is 1.31 bits per heavy atom. The van der Waals surface area contributed by atoms with Gasteiger partial charge in [0.05, 0.1) is 25.7 Å². The number of alkyl halides is 1. The van der Waals surface area contributed by atoms with Gasteiger partial charge in [0.25, 0.3) is 23.6 Å². The second-order valence-electron chi connectivity index (χ2n) is 11.6. The van der Waals surface area contributed by atoms with E-state index < -0.39 is 23.7 Å². The molecule has 1 saturated heterocycles. The average molecular weight is 686 g/mol. The second kappa shape index (κ2) is 22.0. The van der Waals surface area contributed by atoms with Crippen molar-refractivity contribution in [1.29, 1.82) is 0 Å². The Labute approximate surface area is 288 Å². The third-order valence-electron chi connectivity index (χ3n) is 7.95. The van der Waals surface area contributed by atoms with Gasteiger partial charge in [0.15, 0.2) is 0 Å². The fraction of sp³-hybridized carbons (Fsp3) is 0.528. The molecule has 0 spiro atoms. The average Bonchev–Trinajstić information content (AvgIpc) is 3.42. The predicted octanol–water partition coefficient (Wildman–Crippen LogP) is 5.10. The van der Waals surface area contributed by atoms with Crippen LogP contribution in [-0.4, -0.2) is 80.1 Å². The van der Waals surface area contributed by atoms with Crippen LogP contribution in [0.25, 0.3) is 0 Å². The first-order valence-corrected chi connectivity index (χ1v) is 17.4. The molecular weight excluding hydrogens is 638 g/mol. The van der Waals surface area contributed by atoms with Crippen molar-refractivity contribution in [2.75, 3.05) is 45.4 Å². The van der Waals surface area contributed by atoms with Gasteiger partial charge in [-0.3, -0.25) is 19.2 Å². The monoisotopic (exact) mass is 685 g/mol. The summed E-state index contributed by atoms with van der Waals surface area (Å²) in [6, 6.07) is 14.0. The van der Waals surface area contributed by atoms with Gasteiger partial charge in [-0.15, -0.1) is 16.7 Å². The summed E-state index contributed by atoms with van der Waals surface area (Å²) in [6.07, 6.45) is 6.78. The number of benzene rings is 2. The van der Waals surface area contributed by atoms with Gasteiger partial charge in [-0.05, 0) is 67.5 Å². The van der Waals surface area contributed by atoms with Crippen molar-refractivity contribution < 1.29 is 38.3 Å². The molecule has 1 fully saturated rings. The molecule has 1 aliphatic rings. The minimum atomic E-state index is -0.668. The van der Waals surface area contributed by atoms with Gasteiger partial charge in [-0.2, -0.15) is 0 Å². The molecule has 0 radical (unpaired) electrons. The number of hydroxylamine groups is 2. The number of rotatable bonds is 23. The first-order valence-electron chi connectivity index (χ1n) is 16.9. The molecule has 3 rings (SSSR count). The molecule has 1 atom stereocenters. The Kier molecular flexibility index (Phi) is 17.7. The lowest BCUT2D eigenvalue weighted by molar-refractivity contribution is -0.198. The fourth-order valence-corrected chi connectivity index (χ4v) is 5.27. The molecule has 0 bridgehead atoms. The third kappa shape index (κ3) is 13.4. The van der Waals surface area contributed by atoms with Crippen molar-refractivity contribution in [2.24, 2.45) is 0 Å². The van der Waals surface area contributed by atoms with Crippen LogP contribution >= 0.6 is 11.6 Å². The van der Waals surface area contributed by atoms with E-state index in [1.54, 1.807) is 24.3 Å². The molecule has 262 valence electrons. The van der Waals surface area contributed by atoms with Crippen LogP contribution in [0.15, 0.2) is 48.5 Å². The number of nitrogens with zero attached hydrogens (tertiary/aromatic N) is 1. The quantitative estimate of drug-likeness (QED) is 0.0936. The van der Waals surface area contributed by atoms with E-state index in [4.69, 9.17) is 25.9 Å². The van der Waals surface area contributed by atoms with E-state index in [9.17, 15) is 24.0 Å². The highest BCUT2D eigenvalue weighted by molar-refractivity contribution is 6.17. The highest BCUT2D eigenvalue weighted by Gasteiger charge is 2.35. The van der Waals surface area contributed by atoms with Crippen LogP contribution in [0.3, 0.4) is 0 Å². The van der Waals surface area contributed by atoms with E-state index in [2.05, 4.69) is 10.6 Å². The van der Waals surface area contributed by atoms with Gasteiger partial charge in [0.2, 0.25) is 0 Å². The summed E-state index contributed by atoms with van der Waals surface area (Å²) >= 11 is 5.66. The van der Waals surface area contributed by atoms with Gasteiger partial charge >= 0.3 is 5.97 Å². The number of amides is 4. The summed E-state index contributed by atoms with van der Waals surface area (Å²) in [5, 5.41) is 6.24. The molecule has 2 aromatic carbocycles. The summed E-state index contributed by atoms with van der Waals surface area (Å²) in [5.74, 6) is -2.19. The topological polar surface area (TPSA) is 140 Å². The van der Waals surface area contributed by atoms with Gasteiger partial charge in [0, 0.05) is 49.5 Å². The van der Waals surface area contributed by atoms with Crippen LogP contribution in [0.4, 0.5) is 0 Å². The highest BCUT2D eigenvalue weighted by Crippen LogP contribution is 2.26. The summed E-state index contributed by atoms with van der Waals surface area (Å²) in [4.78, 5) is 67.4. The molecule has 1 aliphatic heterocycles. The van der Waals surface area contributed by atoms with E-state index >= 15 is 0 Å². The molecular formula is C36H48ClN3O8. The largest absolute Gasteiger partial charge is 0.379 e. The normalized spacial score (nSPS) is 13.4. The first kappa shape index (κ1) is 38.6. The lowest BCUT2D eigenvalue weighted by atomic mass is 9.92. The fourth-order valence-electron chi connectivity index (χ4n) is 5.08. The van der Waals surface area contributed by atoms with Crippen LogP contribution < -0.4 is 10.6 Å². The van der Waals surface area contributed by atoms with Crippen LogP contribution in [-0.2, 0) is 35.1 Å². The number of carbonyl (C=O) groups is 5. The smallest absolute Gasteiger partial charge is 0.340 e. The molecule has 48 heavy (non-hydrogen) atoms. The van der Waals surface area contributed by atoms with E-state index in [1.165, 1.54) is 0 Å². The number of imide groups is 1. The Hall–Kier alpha value is -3.80. The standard InChI is InChI=1S/C36H48ClN3O8/c1-2-27-10-12-28(13-11-27)31(36(45)48-40-32(41)18-19-33(40)42)9-5-7-21-38-34(43)29-14-16-30(17-15-29)35(44)39-22-24-47-26-25-46-23-8-4-3-6-20-37/h10-17,31H,2-9,18-26H2,1H3,(H,38,43)(H,39,44). The van der Waals surface area contributed by atoms with Crippen molar-refractivity contribution in [3.63, 3.8) is 0 Å². The number of aryl methyl sites for hydroxylation is 1. The molecule has 2 aromatic rings. The SMILES string of the molecule is CCc1ccc(C(CCCCNC(=O)c2ccc(C(=O)NCCOCCOCCCCCCCl)cc2)C(=O)ON2C(=O)CCC2=O)cc1. The molecule has 1 unspecified atom stereocenters. The highest BCUT2D eigenvalue weighted by atomic mass is 35.5. The van der Waals surface area contributed by atoms with E-state index in [1.807, 2.05) is 31.2 Å². The lowest BCUT2D eigenvalue weighted by Gasteiger charge is -2.20. The maximum Gasteiger partial charge on any atom is 0.340 e. The minimum Gasteiger partial charge on any atom is -0.379 e. The summed E-state index contributed by atoms with van der Waals surface area (Å²) in [5.41, 5.74) is 2.72. The zero-order valence-corrected chi connectivity index (χ0v) is 28.6. The molecule has 12 heteroatoms. The second-order valence-corrected chi connectivity index (χ2v) is 11.9. The number of ether oxygens (including phenoxy) is 2. The van der Waals surface area contributed by atoms with E-state index in [0.717, 1.165) is 43.2 Å². The molecule has 1 heterocycles. The van der Waals surface area contributed by atoms with Gasteiger partial charge in [-0.1, -0.05) is 50.5 Å². The van der Waals surface area contributed by atoms with E-state index in [0.29, 0.717) is 80.8 Å². The van der Waals surface area contributed by atoms with Crippen LogP contribution in [0.1, 0.15) is 102 Å². The number of hydrogen-bond donors (Lipinski definition) is 2. The molecule has 4 amide bonds. The third-order valence-corrected chi connectivity index (χ3v) is 8.22. The summed E-state index contributed by atoms with van der Waals surface area (Å²) < 4.78 is 11.0. The van der Waals surface area contributed by atoms with Gasteiger partial charge in [0.1, 0.15) is 0 Å². The zero-order valence-electron chi connectivity index (χ0n) is 27.8. The van der Waals surface area contributed by atoms with Gasteiger partial charge in [-0.25, -0.2) is 4.79 Å². The lowest BCUT2D eigenvalue weighted by Crippen LogP contribution is -2.34. The van der Waals surface area contributed by atoms with Crippen molar-refractivity contribution in [1.82, 2.24) is 15.7 Å². The Morgan fingerprint density at radius 3 is 1.92 bits per heavy atom. The summed E-state index contributed by atoms with van der Waals surface area (Å²) in [6.45, 7) is 4.83. The minimum absolute atomic E-state index is 0.0286. The van der Waals surface area contributed by atoms with Crippen LogP contribution in [0, 0.1) is 0 Å². The predicted molar refractivity (Wildman–Crippen MR) is 182 cm³/mol. The number of unbranched alkanes of at least 4 members (excludes halogenated alkanes) is 4. The number of hydrogen-bond acceptors (Lipinski definition) is 8. The maximum absolute atomic E-state index is 13.1. The van der Waals surface area contributed by atoms with Crippen LogP contribution in [0.5, 0.6) is 0 Å². The molecule has 0 aromatic heterocycles. The Morgan fingerprint density at radius 1 is 0.729 bits per heavy atom. The van der Waals surface area contributed by atoms with Crippen LogP contribution in [0.2, 0.25) is 0 Å². The molecule has 2 N–H and O–H groups in total. The van der Waals surface area contributed by atoms with Crippen molar-refractivity contribution in [2.45, 2.75) is 77.0 Å². The first-order chi connectivity index (χ1) is 23.3. The van der Waals surface area contributed by atoms with Gasteiger partial charge < -0.3 is 24.9 Å². The van der Waals surface area contributed by atoms with E-state index in [-0.39, 0.29) is 24.7 Å². The molecule has 0 saturated carbocycles.